The first-order valence-electron chi connectivity index (χ1n) is 11.3. The number of ether oxygens (including phenoxy) is 2. The molecule has 0 N–H and O–H groups in total. The Bertz CT molecular complexity index is 611. The molecule has 8 nitrogen and oxygen atoms in total. The molecule has 178 valence electrons. The summed E-state index contributed by atoms with van der Waals surface area (Å²) in [6.07, 6.45) is 2.79. The summed E-state index contributed by atoms with van der Waals surface area (Å²) >= 11 is 4.17. The number of rotatable bonds is 16. The quantitative estimate of drug-likeness (QED) is 0.217. The molecule has 0 aromatic rings. The Labute approximate surface area is 191 Å². The van der Waals surface area contributed by atoms with Crippen molar-refractivity contribution in [1.29, 1.82) is 0 Å². The largest absolute Gasteiger partial charge is 0.377 e. The maximum Gasteiger partial charge on any atom is 0.234 e. The molecule has 0 aromatic heterocycles. The number of carbonyl (C=O) groups excluding carboxylic acids is 4. The minimum absolute atomic E-state index is 0.00132. The zero-order valence-corrected chi connectivity index (χ0v) is 20.2. The zero-order chi connectivity index (χ0) is 23.4. The first kappa shape index (κ1) is 27.6. The van der Waals surface area contributed by atoms with Crippen LogP contribution in [0.3, 0.4) is 0 Å². The molecule has 1 rings (SSSR count). The Morgan fingerprint density at radius 1 is 1.10 bits per heavy atom. The normalized spacial score (nSPS) is 17.5. The maximum atomic E-state index is 12.6. The predicted octanol–water partition coefficient (Wildman–Crippen LogP) is 2.51. The van der Waals surface area contributed by atoms with Gasteiger partial charge in [-0.1, -0.05) is 53.4 Å². The summed E-state index contributed by atoms with van der Waals surface area (Å²) in [6, 6.07) is 0. The summed E-state index contributed by atoms with van der Waals surface area (Å²) in [7, 11) is 0. The van der Waals surface area contributed by atoms with Gasteiger partial charge >= 0.3 is 0 Å². The molecule has 0 radical (unpaired) electrons. The molecule has 0 aromatic carbocycles. The summed E-state index contributed by atoms with van der Waals surface area (Å²) in [4.78, 5) is 49.9. The number of hydrogen-bond donors (Lipinski definition) is 1. The van der Waals surface area contributed by atoms with Crippen molar-refractivity contribution in [3.8, 4) is 0 Å². The smallest absolute Gasteiger partial charge is 0.234 e. The third kappa shape index (κ3) is 8.90. The van der Waals surface area contributed by atoms with Gasteiger partial charge in [0.1, 0.15) is 6.61 Å². The molecule has 1 aliphatic rings. The molecule has 2 unspecified atom stereocenters. The van der Waals surface area contributed by atoms with E-state index in [1.165, 1.54) is 9.21 Å². The van der Waals surface area contributed by atoms with Gasteiger partial charge in [-0.3, -0.25) is 28.4 Å². The first-order valence-corrected chi connectivity index (χ1v) is 11.7. The fraction of sp³-hybridized carbons (Fsp3) is 0.818. The first-order chi connectivity index (χ1) is 14.8. The highest BCUT2D eigenvalue weighted by Gasteiger charge is 2.41. The number of amides is 3. The minimum atomic E-state index is -0.270. The molecule has 0 aliphatic carbocycles. The number of ketones is 1. The van der Waals surface area contributed by atoms with E-state index >= 15 is 0 Å². The van der Waals surface area contributed by atoms with Crippen LogP contribution >= 0.6 is 12.8 Å². The van der Waals surface area contributed by atoms with E-state index in [9.17, 15) is 19.2 Å². The summed E-state index contributed by atoms with van der Waals surface area (Å²) in [5, 5.41) is 0. The van der Waals surface area contributed by atoms with E-state index in [0.29, 0.717) is 13.2 Å². The van der Waals surface area contributed by atoms with Gasteiger partial charge in [-0.05, 0) is 12.3 Å². The van der Waals surface area contributed by atoms with Gasteiger partial charge < -0.3 is 9.47 Å². The number of imide groups is 1. The number of Topliss-reactive ketones (excluding diaryl/α,β-unsaturated/α-hetero) is 1. The lowest BCUT2D eigenvalue weighted by molar-refractivity contribution is -0.140. The Kier molecular flexibility index (Phi) is 13.0. The molecule has 0 saturated carbocycles. The van der Waals surface area contributed by atoms with Crippen LogP contribution in [0.4, 0.5) is 0 Å². The van der Waals surface area contributed by atoms with Crippen molar-refractivity contribution >= 4 is 36.3 Å². The van der Waals surface area contributed by atoms with Gasteiger partial charge in [-0.2, -0.15) is 0 Å². The van der Waals surface area contributed by atoms with Crippen molar-refractivity contribution in [2.75, 3.05) is 39.5 Å². The highest BCUT2D eigenvalue weighted by molar-refractivity contribution is 7.78. The van der Waals surface area contributed by atoms with Crippen LogP contribution in [0.1, 0.15) is 59.8 Å². The van der Waals surface area contributed by atoms with Crippen molar-refractivity contribution in [3.63, 3.8) is 0 Å². The summed E-state index contributed by atoms with van der Waals surface area (Å²) < 4.78 is 11.9. The highest BCUT2D eigenvalue weighted by atomic mass is 32.1. The van der Waals surface area contributed by atoms with E-state index < -0.39 is 0 Å². The van der Waals surface area contributed by atoms with Crippen LogP contribution in [0.25, 0.3) is 0 Å². The molecule has 2 atom stereocenters. The van der Waals surface area contributed by atoms with Crippen LogP contribution in [-0.4, -0.2) is 72.2 Å². The third-order valence-corrected chi connectivity index (χ3v) is 6.38. The van der Waals surface area contributed by atoms with E-state index in [2.05, 4.69) is 12.8 Å². The molecular formula is C22H38N2O6S. The van der Waals surface area contributed by atoms with Crippen molar-refractivity contribution in [2.45, 2.75) is 59.8 Å². The van der Waals surface area contributed by atoms with Crippen LogP contribution in [0.2, 0.25) is 0 Å². The van der Waals surface area contributed by atoms with Crippen molar-refractivity contribution in [3.05, 3.63) is 0 Å². The van der Waals surface area contributed by atoms with E-state index in [-0.39, 0.29) is 80.4 Å². The molecule has 9 heteroatoms. The number of carbonyl (C=O) groups is 4. The molecule has 1 fully saturated rings. The van der Waals surface area contributed by atoms with Crippen molar-refractivity contribution < 1.29 is 28.7 Å². The van der Waals surface area contributed by atoms with E-state index in [4.69, 9.17) is 9.47 Å². The Hall–Kier alpha value is -1.45. The Balaban J connectivity index is 2.23. The molecule has 1 aliphatic heterocycles. The second kappa shape index (κ2) is 14.6. The van der Waals surface area contributed by atoms with Crippen LogP contribution in [0.5, 0.6) is 0 Å². The predicted molar refractivity (Wildman–Crippen MR) is 120 cm³/mol. The fourth-order valence-corrected chi connectivity index (χ4v) is 3.73. The van der Waals surface area contributed by atoms with Gasteiger partial charge in [-0.15, -0.1) is 0 Å². The lowest BCUT2D eigenvalue weighted by Gasteiger charge is -2.20. The Morgan fingerprint density at radius 2 is 1.74 bits per heavy atom. The van der Waals surface area contributed by atoms with Gasteiger partial charge in [0, 0.05) is 25.3 Å². The summed E-state index contributed by atoms with van der Waals surface area (Å²) in [5.74, 6) is -0.609. The van der Waals surface area contributed by atoms with Crippen LogP contribution < -0.4 is 0 Å². The van der Waals surface area contributed by atoms with Crippen LogP contribution in [-0.2, 0) is 28.7 Å². The standard InChI is InChI=1S/C22H38N2O6S/c1-5-16(4)19(25)15-30-13-12-29-11-10-24(31)20(26)8-9-23-21(27)14-18(22(23)28)17(6-2)7-3/h16-18,31H,5-15H2,1-4H3. The number of hydrogen-bond acceptors (Lipinski definition) is 7. The van der Waals surface area contributed by atoms with Crippen LogP contribution in [0, 0.1) is 17.8 Å². The van der Waals surface area contributed by atoms with E-state index in [0.717, 1.165) is 19.3 Å². The molecule has 3 amide bonds. The fourth-order valence-electron chi connectivity index (χ4n) is 3.54. The molecular weight excluding hydrogens is 420 g/mol. The number of likely N-dealkylation sites (tertiary alicyclic amines) is 1. The lowest BCUT2D eigenvalue weighted by atomic mass is 9.87. The maximum absolute atomic E-state index is 12.6. The van der Waals surface area contributed by atoms with Crippen molar-refractivity contribution in [2.24, 2.45) is 17.8 Å². The van der Waals surface area contributed by atoms with Crippen LogP contribution in [0.15, 0.2) is 0 Å². The van der Waals surface area contributed by atoms with Gasteiger partial charge in [0.15, 0.2) is 5.78 Å². The van der Waals surface area contributed by atoms with Gasteiger partial charge in [-0.25, -0.2) is 0 Å². The SMILES string of the molecule is CCC(C)C(=O)COCCOCCN(S)C(=O)CCN1C(=O)CC(C(CC)CC)C1=O. The third-order valence-electron chi connectivity index (χ3n) is 5.96. The van der Waals surface area contributed by atoms with Gasteiger partial charge in [0.25, 0.3) is 0 Å². The molecule has 1 heterocycles. The minimum Gasteiger partial charge on any atom is -0.377 e. The van der Waals surface area contributed by atoms with Gasteiger partial charge in [0.05, 0.1) is 32.3 Å². The van der Waals surface area contributed by atoms with Gasteiger partial charge in [0.2, 0.25) is 17.7 Å². The molecule has 31 heavy (non-hydrogen) atoms. The van der Waals surface area contributed by atoms with E-state index in [1.807, 2.05) is 27.7 Å². The molecule has 0 spiro atoms. The molecule has 0 bridgehead atoms. The average Bonchev–Trinajstić information content (AvgIpc) is 3.04. The summed E-state index contributed by atoms with van der Waals surface area (Å²) in [5.41, 5.74) is 0. The highest BCUT2D eigenvalue weighted by Crippen LogP contribution is 2.30. The second-order valence-electron chi connectivity index (χ2n) is 7.98. The summed E-state index contributed by atoms with van der Waals surface area (Å²) in [6.45, 7) is 9.22. The zero-order valence-electron chi connectivity index (χ0n) is 19.3. The second-order valence-corrected chi connectivity index (χ2v) is 8.46. The number of nitrogens with zero attached hydrogens (tertiary/aromatic N) is 2. The topological polar surface area (TPSA) is 93.2 Å². The Morgan fingerprint density at radius 3 is 2.35 bits per heavy atom. The molecule has 1 saturated heterocycles. The monoisotopic (exact) mass is 458 g/mol. The van der Waals surface area contributed by atoms with Crippen molar-refractivity contribution in [1.82, 2.24) is 9.21 Å². The average molecular weight is 459 g/mol. The lowest BCUT2D eigenvalue weighted by Crippen LogP contribution is -2.36. The number of thiol groups is 1. The van der Waals surface area contributed by atoms with E-state index in [1.54, 1.807) is 0 Å².